The fraction of sp³-hybridized carbons (Fsp3) is 0.333. The van der Waals surface area contributed by atoms with Crippen LogP contribution in [0.15, 0.2) is 48.5 Å². The number of methoxy groups -OCH3 is 1. The number of hydrogen-bond acceptors (Lipinski definition) is 4. The van der Waals surface area contributed by atoms with Crippen LogP contribution in [-0.4, -0.2) is 30.5 Å². The van der Waals surface area contributed by atoms with Gasteiger partial charge in [-0.2, -0.15) is 0 Å². The van der Waals surface area contributed by atoms with Gasteiger partial charge in [0.15, 0.2) is 11.5 Å². The number of aliphatic hydroxyl groups excluding tert-OH is 2. The molecule has 0 bridgehead atoms. The van der Waals surface area contributed by atoms with Crippen LogP contribution in [0.25, 0.3) is 0 Å². The summed E-state index contributed by atoms with van der Waals surface area (Å²) in [5.74, 6) is 1.18. The van der Waals surface area contributed by atoms with Gasteiger partial charge in [-0.1, -0.05) is 36.4 Å². The first kappa shape index (κ1) is 16.3. The van der Waals surface area contributed by atoms with Crippen LogP contribution in [0.3, 0.4) is 0 Å². The largest absolute Gasteiger partial charge is 0.493 e. The Labute approximate surface area is 130 Å². The summed E-state index contributed by atoms with van der Waals surface area (Å²) in [7, 11) is 1.60. The second-order valence-corrected chi connectivity index (χ2v) is 5.19. The maximum atomic E-state index is 9.16. The maximum Gasteiger partial charge on any atom is 0.161 e. The van der Waals surface area contributed by atoms with Crippen molar-refractivity contribution in [2.45, 2.75) is 13.0 Å². The molecule has 0 atom stereocenters. The summed E-state index contributed by atoms with van der Waals surface area (Å²) in [4.78, 5) is 0. The van der Waals surface area contributed by atoms with Crippen LogP contribution in [0.5, 0.6) is 11.5 Å². The molecule has 0 aromatic heterocycles. The van der Waals surface area contributed by atoms with Crippen LogP contribution in [0, 0.1) is 5.92 Å². The van der Waals surface area contributed by atoms with Crippen LogP contribution in [0.1, 0.15) is 11.1 Å². The molecule has 22 heavy (non-hydrogen) atoms. The Kier molecular flexibility index (Phi) is 6.25. The first-order chi connectivity index (χ1) is 10.8. The van der Waals surface area contributed by atoms with Crippen molar-refractivity contribution in [2.75, 3.05) is 20.3 Å². The molecule has 0 heterocycles. The molecule has 2 aromatic rings. The Morgan fingerprint density at radius 2 is 1.64 bits per heavy atom. The molecular formula is C18H22O4. The third kappa shape index (κ3) is 4.48. The number of hydrogen-bond donors (Lipinski definition) is 2. The van der Waals surface area contributed by atoms with Crippen molar-refractivity contribution in [2.24, 2.45) is 5.92 Å². The molecule has 0 saturated carbocycles. The van der Waals surface area contributed by atoms with Crippen molar-refractivity contribution >= 4 is 0 Å². The van der Waals surface area contributed by atoms with E-state index in [0.717, 1.165) is 11.1 Å². The monoisotopic (exact) mass is 302 g/mol. The van der Waals surface area contributed by atoms with E-state index in [0.29, 0.717) is 24.5 Å². The van der Waals surface area contributed by atoms with E-state index in [-0.39, 0.29) is 19.1 Å². The zero-order valence-corrected chi connectivity index (χ0v) is 12.7. The molecule has 0 spiro atoms. The molecule has 0 aliphatic carbocycles. The summed E-state index contributed by atoms with van der Waals surface area (Å²) < 4.78 is 11.2. The molecule has 0 unspecified atom stereocenters. The minimum absolute atomic E-state index is 0.0366. The highest BCUT2D eigenvalue weighted by molar-refractivity contribution is 5.43. The van der Waals surface area contributed by atoms with Crippen molar-refractivity contribution < 1.29 is 19.7 Å². The van der Waals surface area contributed by atoms with Crippen LogP contribution in [0.2, 0.25) is 0 Å². The molecular weight excluding hydrogens is 280 g/mol. The normalized spacial score (nSPS) is 10.7. The van der Waals surface area contributed by atoms with E-state index in [1.807, 2.05) is 48.5 Å². The van der Waals surface area contributed by atoms with Gasteiger partial charge in [0, 0.05) is 19.1 Å². The Bertz CT molecular complexity index is 565. The van der Waals surface area contributed by atoms with Gasteiger partial charge in [0.05, 0.1) is 7.11 Å². The second kappa shape index (κ2) is 8.41. The maximum absolute atomic E-state index is 9.16. The Hall–Kier alpha value is -2.04. The smallest absolute Gasteiger partial charge is 0.161 e. The van der Waals surface area contributed by atoms with Gasteiger partial charge >= 0.3 is 0 Å². The summed E-state index contributed by atoms with van der Waals surface area (Å²) in [6, 6.07) is 15.6. The van der Waals surface area contributed by atoms with E-state index in [4.69, 9.17) is 19.7 Å². The zero-order valence-electron chi connectivity index (χ0n) is 12.7. The van der Waals surface area contributed by atoms with Crippen LogP contribution >= 0.6 is 0 Å². The minimum atomic E-state index is -0.152. The zero-order chi connectivity index (χ0) is 15.8. The third-order valence-electron chi connectivity index (χ3n) is 3.51. The molecule has 118 valence electrons. The summed E-state index contributed by atoms with van der Waals surface area (Å²) in [6.45, 7) is 0.405. The fourth-order valence-electron chi connectivity index (χ4n) is 2.21. The second-order valence-electron chi connectivity index (χ2n) is 5.19. The standard InChI is InChI=1S/C18H22O4/c1-21-18-10-15(9-16(11-19)12-20)7-8-17(18)22-13-14-5-3-2-4-6-14/h2-8,10,16,19-20H,9,11-13H2,1H3. The summed E-state index contributed by atoms with van der Waals surface area (Å²) in [5.41, 5.74) is 2.09. The molecule has 0 radical (unpaired) electrons. The van der Waals surface area contributed by atoms with Crippen molar-refractivity contribution in [1.29, 1.82) is 0 Å². The van der Waals surface area contributed by atoms with E-state index < -0.39 is 0 Å². The topological polar surface area (TPSA) is 58.9 Å². The predicted molar refractivity (Wildman–Crippen MR) is 85.1 cm³/mol. The molecule has 2 N–H and O–H groups in total. The van der Waals surface area contributed by atoms with Gasteiger partial charge in [-0.05, 0) is 29.7 Å². The van der Waals surface area contributed by atoms with E-state index >= 15 is 0 Å². The fourth-order valence-corrected chi connectivity index (χ4v) is 2.21. The first-order valence-corrected chi connectivity index (χ1v) is 7.32. The van der Waals surface area contributed by atoms with Crippen LogP contribution in [0.4, 0.5) is 0 Å². The quantitative estimate of drug-likeness (QED) is 0.786. The molecule has 0 amide bonds. The van der Waals surface area contributed by atoms with Gasteiger partial charge in [0.1, 0.15) is 6.61 Å². The van der Waals surface area contributed by atoms with Crippen molar-refractivity contribution in [3.8, 4) is 11.5 Å². The Morgan fingerprint density at radius 1 is 0.909 bits per heavy atom. The minimum Gasteiger partial charge on any atom is -0.493 e. The average Bonchev–Trinajstić information content (AvgIpc) is 2.59. The summed E-state index contributed by atoms with van der Waals surface area (Å²) >= 11 is 0. The lowest BCUT2D eigenvalue weighted by molar-refractivity contribution is 0.150. The van der Waals surface area contributed by atoms with Crippen molar-refractivity contribution in [3.63, 3.8) is 0 Å². The van der Waals surface area contributed by atoms with E-state index in [9.17, 15) is 0 Å². The Morgan fingerprint density at radius 3 is 2.27 bits per heavy atom. The molecule has 4 nitrogen and oxygen atoms in total. The molecule has 2 rings (SSSR count). The van der Waals surface area contributed by atoms with Crippen molar-refractivity contribution in [1.82, 2.24) is 0 Å². The highest BCUT2D eigenvalue weighted by Crippen LogP contribution is 2.29. The Balaban J connectivity index is 2.05. The molecule has 2 aromatic carbocycles. The number of rotatable bonds is 8. The van der Waals surface area contributed by atoms with Gasteiger partial charge in [-0.25, -0.2) is 0 Å². The van der Waals surface area contributed by atoms with E-state index in [1.165, 1.54) is 0 Å². The van der Waals surface area contributed by atoms with Gasteiger partial charge in [-0.3, -0.25) is 0 Å². The van der Waals surface area contributed by atoms with Gasteiger partial charge < -0.3 is 19.7 Å². The lowest BCUT2D eigenvalue weighted by Crippen LogP contribution is -2.14. The van der Waals surface area contributed by atoms with E-state index in [2.05, 4.69) is 0 Å². The molecule has 0 aliphatic heterocycles. The highest BCUT2D eigenvalue weighted by Gasteiger charge is 2.11. The average molecular weight is 302 g/mol. The van der Waals surface area contributed by atoms with Gasteiger partial charge in [-0.15, -0.1) is 0 Å². The number of benzene rings is 2. The third-order valence-corrected chi connectivity index (χ3v) is 3.51. The number of ether oxygens (including phenoxy) is 2. The first-order valence-electron chi connectivity index (χ1n) is 7.32. The molecule has 4 heteroatoms. The highest BCUT2D eigenvalue weighted by atomic mass is 16.5. The van der Waals surface area contributed by atoms with Crippen molar-refractivity contribution in [3.05, 3.63) is 59.7 Å². The van der Waals surface area contributed by atoms with Crippen LogP contribution in [-0.2, 0) is 13.0 Å². The van der Waals surface area contributed by atoms with Gasteiger partial charge in [0.25, 0.3) is 0 Å². The predicted octanol–water partition coefficient (Wildman–Crippen LogP) is 2.42. The lowest BCUT2D eigenvalue weighted by Gasteiger charge is -2.14. The van der Waals surface area contributed by atoms with Crippen LogP contribution < -0.4 is 9.47 Å². The molecule has 0 aliphatic rings. The lowest BCUT2D eigenvalue weighted by atomic mass is 10.0. The van der Waals surface area contributed by atoms with Gasteiger partial charge in [0.2, 0.25) is 0 Å². The van der Waals surface area contributed by atoms with E-state index in [1.54, 1.807) is 7.11 Å². The summed E-state index contributed by atoms with van der Waals surface area (Å²) in [6.07, 6.45) is 0.600. The molecule has 0 saturated heterocycles. The summed E-state index contributed by atoms with van der Waals surface area (Å²) in [5, 5.41) is 18.3. The molecule has 0 fully saturated rings. The SMILES string of the molecule is COc1cc(CC(CO)CO)ccc1OCc1ccccc1. The number of aliphatic hydroxyl groups is 2.